The summed E-state index contributed by atoms with van der Waals surface area (Å²) in [4.78, 5) is 4.84. The first-order valence-corrected chi connectivity index (χ1v) is 23.0. The number of nitrogens with zero attached hydrogens (tertiary/aromatic N) is 2. The van der Waals surface area contributed by atoms with Crippen molar-refractivity contribution in [2.45, 2.75) is 5.41 Å². The zero-order valence-corrected chi connectivity index (χ0v) is 36.1. The molecule has 0 N–H and O–H groups in total. The zero-order chi connectivity index (χ0) is 42.9. The van der Waals surface area contributed by atoms with Crippen LogP contribution in [0.5, 0.6) is 0 Å². The summed E-state index contributed by atoms with van der Waals surface area (Å²) >= 11 is 1.90. The van der Waals surface area contributed by atoms with E-state index in [1.807, 2.05) is 11.3 Å². The molecule has 12 aromatic rings. The fourth-order valence-electron chi connectivity index (χ4n) is 10.7. The number of para-hydroxylation sites is 5. The smallest absolute Gasteiger partial charge is 0.160 e. The quantitative estimate of drug-likeness (QED) is 0.152. The van der Waals surface area contributed by atoms with E-state index < -0.39 is 5.41 Å². The molecule has 0 radical (unpaired) electrons. The Morgan fingerprint density at radius 1 is 0.369 bits per heavy atom. The largest absolute Gasteiger partial charge is 0.454 e. The second-order valence-electron chi connectivity index (χ2n) is 16.7. The lowest BCUT2D eigenvalue weighted by atomic mass is 9.67. The first-order valence-electron chi connectivity index (χ1n) is 22.2. The number of hydrogen-bond donors (Lipinski definition) is 0. The molecule has 0 atom stereocenters. The predicted octanol–water partition coefficient (Wildman–Crippen LogP) is 17.3. The minimum absolute atomic E-state index is 0.758. The van der Waals surface area contributed by atoms with Crippen LogP contribution in [0, 0.1) is 0 Å². The molecule has 0 spiro atoms. The number of benzene rings is 10. The lowest BCUT2D eigenvalue weighted by Crippen LogP contribution is -2.29. The van der Waals surface area contributed by atoms with Gasteiger partial charge < -0.3 is 14.2 Å². The van der Waals surface area contributed by atoms with Crippen LogP contribution in [0.2, 0.25) is 0 Å². The fraction of sp³-hybridized carbons (Fsp3) is 0.0164. The average molecular weight is 849 g/mol. The minimum atomic E-state index is -0.758. The van der Waals surface area contributed by atoms with E-state index in [1.54, 1.807) is 0 Å². The van der Waals surface area contributed by atoms with Gasteiger partial charge in [-0.3, -0.25) is 0 Å². The van der Waals surface area contributed by atoms with E-state index in [0.29, 0.717) is 0 Å². The summed E-state index contributed by atoms with van der Waals surface area (Å²) in [5, 5.41) is 4.69. The topological polar surface area (TPSA) is 19.6 Å². The van der Waals surface area contributed by atoms with Gasteiger partial charge in [-0.1, -0.05) is 170 Å². The van der Waals surface area contributed by atoms with Crippen molar-refractivity contribution in [3.05, 3.63) is 265 Å². The number of rotatable bonds is 8. The molecule has 1 aliphatic carbocycles. The number of hydrogen-bond acceptors (Lipinski definition) is 4. The highest BCUT2D eigenvalue weighted by atomic mass is 32.1. The third kappa shape index (κ3) is 5.61. The Hall–Kier alpha value is -8.18. The molecule has 1 aliphatic rings. The highest BCUT2D eigenvalue weighted by molar-refractivity contribution is 7.26. The molecule has 0 saturated heterocycles. The molecule has 0 unspecified atom stereocenters. The highest BCUT2D eigenvalue weighted by Crippen LogP contribution is 2.65. The maximum Gasteiger partial charge on any atom is 0.160 e. The van der Waals surface area contributed by atoms with Crippen molar-refractivity contribution in [2.24, 2.45) is 0 Å². The van der Waals surface area contributed by atoms with Crippen LogP contribution >= 0.6 is 11.3 Å². The first-order chi connectivity index (χ1) is 32.3. The summed E-state index contributed by atoms with van der Waals surface area (Å²) in [5.74, 6) is 0. The van der Waals surface area contributed by atoms with E-state index in [-0.39, 0.29) is 0 Å². The molecule has 3 nitrogen and oxygen atoms in total. The second-order valence-corrected chi connectivity index (χ2v) is 17.8. The van der Waals surface area contributed by atoms with Crippen LogP contribution in [0.25, 0.3) is 53.2 Å². The number of thiophene rings is 1. The van der Waals surface area contributed by atoms with Crippen LogP contribution in [0.15, 0.2) is 247 Å². The van der Waals surface area contributed by atoms with Gasteiger partial charge in [-0.25, -0.2) is 0 Å². The molecule has 0 saturated carbocycles. The zero-order valence-electron chi connectivity index (χ0n) is 35.3. The summed E-state index contributed by atoms with van der Waals surface area (Å²) < 4.78 is 9.74. The van der Waals surface area contributed by atoms with Crippen molar-refractivity contribution in [1.29, 1.82) is 0 Å². The highest BCUT2D eigenvalue weighted by Gasteiger charge is 2.50. The van der Waals surface area contributed by atoms with E-state index >= 15 is 0 Å². The van der Waals surface area contributed by atoms with Crippen LogP contribution in [-0.2, 0) is 5.41 Å². The minimum Gasteiger partial charge on any atom is -0.454 e. The standard InChI is InChI=1S/C61H40N2OS/c1-7-23-41(24-8-1)61(42-25-9-2-10-26-42)49-40-52(63(45-31-15-5-16-32-45)46-33-17-6-18-34-46)59-56(47-35-19-21-37-53(47)64-59)57(49)58-50(61)39-51(55-48-36-20-22-38-54(48)65-60(55)58)62(43-27-11-3-12-28-43)44-29-13-4-14-30-44/h1-40H. The average Bonchev–Trinajstić information content (AvgIpc) is 4.05. The Morgan fingerprint density at radius 2 is 0.785 bits per heavy atom. The second kappa shape index (κ2) is 15.0. The van der Waals surface area contributed by atoms with E-state index in [1.165, 1.54) is 53.6 Å². The van der Waals surface area contributed by atoms with Gasteiger partial charge in [0.05, 0.1) is 16.8 Å². The normalized spacial score (nSPS) is 12.7. The van der Waals surface area contributed by atoms with Gasteiger partial charge in [0, 0.05) is 64.8 Å². The Balaban J connectivity index is 1.28. The number of fused-ring (bicyclic) bond motifs is 11. The van der Waals surface area contributed by atoms with Gasteiger partial charge in [0.15, 0.2) is 5.58 Å². The van der Waals surface area contributed by atoms with Crippen molar-refractivity contribution < 1.29 is 4.42 Å². The van der Waals surface area contributed by atoms with Gasteiger partial charge in [0.1, 0.15) is 5.58 Å². The fourth-order valence-corrected chi connectivity index (χ4v) is 12.0. The van der Waals surface area contributed by atoms with Crippen LogP contribution in [0.3, 0.4) is 0 Å². The van der Waals surface area contributed by atoms with Gasteiger partial charge in [-0.05, 0) is 95.1 Å². The van der Waals surface area contributed by atoms with Crippen molar-refractivity contribution in [2.75, 3.05) is 9.80 Å². The Labute approximate surface area is 381 Å². The van der Waals surface area contributed by atoms with E-state index in [2.05, 4.69) is 252 Å². The third-order valence-electron chi connectivity index (χ3n) is 13.3. The summed E-state index contributed by atoms with van der Waals surface area (Å²) in [6, 6.07) is 88.0. The van der Waals surface area contributed by atoms with E-state index in [0.717, 1.165) is 56.1 Å². The molecule has 0 bridgehead atoms. The van der Waals surface area contributed by atoms with Crippen molar-refractivity contribution >= 4 is 87.6 Å². The molecule has 306 valence electrons. The van der Waals surface area contributed by atoms with E-state index in [4.69, 9.17) is 4.42 Å². The van der Waals surface area contributed by atoms with Crippen molar-refractivity contribution in [3.63, 3.8) is 0 Å². The molecule has 2 heterocycles. The lowest BCUT2D eigenvalue weighted by molar-refractivity contribution is 0.668. The van der Waals surface area contributed by atoms with Gasteiger partial charge in [-0.15, -0.1) is 11.3 Å². The molecule has 65 heavy (non-hydrogen) atoms. The third-order valence-corrected chi connectivity index (χ3v) is 14.5. The Kier molecular flexibility index (Phi) is 8.62. The molecule has 0 aliphatic heterocycles. The van der Waals surface area contributed by atoms with Crippen LogP contribution in [0.1, 0.15) is 22.3 Å². The Morgan fingerprint density at radius 3 is 1.32 bits per heavy atom. The molecule has 13 rings (SSSR count). The van der Waals surface area contributed by atoms with Gasteiger partial charge in [0.25, 0.3) is 0 Å². The molecular weight excluding hydrogens is 809 g/mol. The van der Waals surface area contributed by atoms with Crippen LogP contribution < -0.4 is 9.80 Å². The lowest BCUT2D eigenvalue weighted by Gasteiger charge is -2.36. The summed E-state index contributed by atoms with van der Waals surface area (Å²) in [7, 11) is 0. The monoisotopic (exact) mass is 848 g/mol. The summed E-state index contributed by atoms with van der Waals surface area (Å²) in [6.07, 6.45) is 0. The molecular formula is C61H40N2OS. The summed E-state index contributed by atoms with van der Waals surface area (Å²) in [5.41, 5.74) is 14.7. The SMILES string of the molecule is c1ccc(N(c2ccccc2)c2cc3c(c4c2oc2ccccc24)-c2c(cc(N(c4ccccc4)c4ccccc4)c4c2sc2ccccc24)C3(c2ccccc2)c2ccccc2)cc1. The predicted molar refractivity (Wildman–Crippen MR) is 273 cm³/mol. The van der Waals surface area contributed by atoms with Crippen LogP contribution in [-0.4, -0.2) is 0 Å². The van der Waals surface area contributed by atoms with Crippen molar-refractivity contribution in [1.82, 2.24) is 0 Å². The number of anilines is 6. The first kappa shape index (κ1) is 37.4. The maximum atomic E-state index is 7.23. The van der Waals surface area contributed by atoms with E-state index in [9.17, 15) is 0 Å². The van der Waals surface area contributed by atoms with Gasteiger partial charge >= 0.3 is 0 Å². The van der Waals surface area contributed by atoms with Crippen LogP contribution in [0.4, 0.5) is 34.1 Å². The molecule has 0 amide bonds. The molecule has 2 aromatic heterocycles. The molecule has 4 heteroatoms. The maximum absolute atomic E-state index is 7.23. The molecule has 10 aromatic carbocycles. The summed E-state index contributed by atoms with van der Waals surface area (Å²) in [6.45, 7) is 0. The Bertz CT molecular complexity index is 3580. The molecule has 0 fully saturated rings. The van der Waals surface area contributed by atoms with Crippen molar-refractivity contribution in [3.8, 4) is 11.1 Å². The van der Waals surface area contributed by atoms with Gasteiger partial charge in [0.2, 0.25) is 0 Å². The number of furan rings is 1. The van der Waals surface area contributed by atoms with Gasteiger partial charge in [-0.2, -0.15) is 0 Å².